The molecular weight excluding hydrogens is 212 g/mol. The lowest BCUT2D eigenvalue weighted by atomic mass is 9.75. The lowest BCUT2D eigenvalue weighted by Gasteiger charge is -2.36. The summed E-state index contributed by atoms with van der Waals surface area (Å²) in [6.45, 7) is 5.46. The van der Waals surface area contributed by atoms with Gasteiger partial charge in [-0.3, -0.25) is 0 Å². The summed E-state index contributed by atoms with van der Waals surface area (Å²) in [5.74, 6) is -1.01. The van der Waals surface area contributed by atoms with Crippen molar-refractivity contribution >= 4 is 17.6 Å². The van der Waals surface area contributed by atoms with Gasteiger partial charge in [-0.15, -0.1) is 11.6 Å². The van der Waals surface area contributed by atoms with Crippen molar-refractivity contribution in [3.63, 3.8) is 0 Å². The van der Waals surface area contributed by atoms with Gasteiger partial charge in [-0.2, -0.15) is 0 Å². The molecule has 0 aliphatic carbocycles. The van der Waals surface area contributed by atoms with Crippen molar-refractivity contribution in [1.82, 2.24) is 0 Å². The number of benzene rings is 1. The first-order valence-corrected chi connectivity index (χ1v) is 5.16. The molecule has 0 aliphatic heterocycles. The molecule has 1 N–H and O–H groups in total. The Morgan fingerprint density at radius 3 is 2.00 bits per heavy atom. The van der Waals surface area contributed by atoms with E-state index >= 15 is 0 Å². The summed E-state index contributed by atoms with van der Waals surface area (Å²) in [6.07, 6.45) is 0. The second-order valence-corrected chi connectivity index (χ2v) is 5.15. The zero-order valence-corrected chi connectivity index (χ0v) is 9.88. The van der Waals surface area contributed by atoms with Gasteiger partial charge in [-0.05, 0) is 11.0 Å². The molecule has 1 aromatic rings. The van der Waals surface area contributed by atoms with Crippen molar-refractivity contribution in [2.75, 3.05) is 0 Å². The Morgan fingerprint density at radius 2 is 1.67 bits per heavy atom. The highest BCUT2D eigenvalue weighted by Crippen LogP contribution is 2.45. The van der Waals surface area contributed by atoms with Crippen molar-refractivity contribution in [2.24, 2.45) is 5.41 Å². The van der Waals surface area contributed by atoms with Gasteiger partial charge in [-0.25, -0.2) is 4.79 Å². The number of halogens is 1. The van der Waals surface area contributed by atoms with Gasteiger partial charge in [0.05, 0.1) is 0 Å². The highest BCUT2D eigenvalue weighted by molar-refractivity contribution is 6.34. The molecule has 82 valence electrons. The first-order valence-electron chi connectivity index (χ1n) is 4.78. The van der Waals surface area contributed by atoms with Crippen LogP contribution in [0, 0.1) is 5.41 Å². The van der Waals surface area contributed by atoms with Crippen LogP contribution in [0.3, 0.4) is 0 Å². The van der Waals surface area contributed by atoms with Crippen LogP contribution in [0.15, 0.2) is 30.3 Å². The van der Waals surface area contributed by atoms with E-state index in [1.54, 1.807) is 24.3 Å². The maximum atomic E-state index is 11.3. The smallest absolute Gasteiger partial charge is 0.329 e. The van der Waals surface area contributed by atoms with Gasteiger partial charge in [0.2, 0.25) is 0 Å². The number of rotatable bonds is 2. The summed E-state index contributed by atoms with van der Waals surface area (Å²) in [5.41, 5.74) is 0.0635. The number of carbonyl (C=O) groups is 1. The Labute approximate surface area is 94.9 Å². The molecule has 0 amide bonds. The minimum atomic E-state index is -1.38. The maximum Gasteiger partial charge on any atom is 0.329 e. The number of alkyl halides is 1. The van der Waals surface area contributed by atoms with Gasteiger partial charge in [0.15, 0.2) is 4.87 Å². The molecular formula is C12H15ClO2. The van der Waals surface area contributed by atoms with Gasteiger partial charge in [-0.1, -0.05) is 51.1 Å². The molecule has 0 radical (unpaired) electrons. The van der Waals surface area contributed by atoms with Crippen LogP contribution >= 0.6 is 11.6 Å². The minimum Gasteiger partial charge on any atom is -0.480 e. The van der Waals surface area contributed by atoms with Gasteiger partial charge in [0, 0.05) is 0 Å². The average molecular weight is 227 g/mol. The molecule has 1 atom stereocenters. The van der Waals surface area contributed by atoms with E-state index in [1.165, 1.54) is 0 Å². The molecule has 0 bridgehead atoms. The number of hydrogen-bond acceptors (Lipinski definition) is 1. The summed E-state index contributed by atoms with van der Waals surface area (Å²) >= 11 is 6.28. The van der Waals surface area contributed by atoms with E-state index < -0.39 is 16.3 Å². The quantitative estimate of drug-likeness (QED) is 0.786. The van der Waals surface area contributed by atoms with Crippen LogP contribution in [0.5, 0.6) is 0 Å². The predicted molar refractivity (Wildman–Crippen MR) is 61.1 cm³/mol. The minimum absolute atomic E-state index is 0.554. The predicted octanol–water partition coefficient (Wildman–Crippen LogP) is 3.25. The third-order valence-corrected chi connectivity index (χ3v) is 3.45. The average Bonchev–Trinajstić information content (AvgIpc) is 2.16. The Morgan fingerprint density at radius 1 is 1.20 bits per heavy atom. The fraction of sp³-hybridized carbons (Fsp3) is 0.417. The van der Waals surface area contributed by atoms with E-state index in [2.05, 4.69) is 0 Å². The van der Waals surface area contributed by atoms with E-state index in [-0.39, 0.29) is 0 Å². The van der Waals surface area contributed by atoms with Crippen LogP contribution in [0.4, 0.5) is 0 Å². The van der Waals surface area contributed by atoms with Crippen LogP contribution in [0.25, 0.3) is 0 Å². The summed E-state index contributed by atoms with van der Waals surface area (Å²) in [5, 5.41) is 9.29. The zero-order chi connectivity index (χ0) is 11.7. The Bertz CT molecular complexity index is 354. The van der Waals surface area contributed by atoms with Crippen molar-refractivity contribution in [3.05, 3.63) is 35.9 Å². The summed E-state index contributed by atoms with van der Waals surface area (Å²) in [7, 11) is 0. The lowest BCUT2D eigenvalue weighted by molar-refractivity contribution is -0.143. The van der Waals surface area contributed by atoms with Crippen molar-refractivity contribution in [2.45, 2.75) is 25.6 Å². The largest absolute Gasteiger partial charge is 0.480 e. The molecule has 1 unspecified atom stereocenters. The monoisotopic (exact) mass is 226 g/mol. The molecule has 0 aromatic heterocycles. The van der Waals surface area contributed by atoms with Crippen molar-refractivity contribution in [3.8, 4) is 0 Å². The molecule has 15 heavy (non-hydrogen) atoms. The summed E-state index contributed by atoms with van der Waals surface area (Å²) in [6, 6.07) is 8.91. The molecule has 0 fully saturated rings. The maximum absolute atomic E-state index is 11.3. The second-order valence-electron chi connectivity index (χ2n) is 4.58. The van der Waals surface area contributed by atoms with Crippen LogP contribution in [-0.2, 0) is 9.67 Å². The van der Waals surface area contributed by atoms with Gasteiger partial charge in [0.1, 0.15) is 0 Å². The van der Waals surface area contributed by atoms with E-state index in [0.717, 1.165) is 0 Å². The molecule has 0 saturated carbocycles. The molecule has 0 spiro atoms. The Hall–Kier alpha value is -1.02. The van der Waals surface area contributed by atoms with Crippen molar-refractivity contribution in [1.29, 1.82) is 0 Å². The summed E-state index contributed by atoms with van der Waals surface area (Å²) in [4.78, 5) is 9.96. The van der Waals surface area contributed by atoms with Crippen LogP contribution in [0.2, 0.25) is 0 Å². The lowest BCUT2D eigenvalue weighted by Crippen LogP contribution is -2.42. The van der Waals surface area contributed by atoms with Crippen LogP contribution < -0.4 is 0 Å². The molecule has 0 aliphatic rings. The van der Waals surface area contributed by atoms with E-state index in [0.29, 0.717) is 5.56 Å². The SMILES string of the molecule is CC(C)(C)C(Cl)(C(=O)O)c1ccccc1. The second kappa shape index (κ2) is 3.86. The highest BCUT2D eigenvalue weighted by Gasteiger charge is 2.48. The number of hydrogen-bond donors (Lipinski definition) is 1. The third-order valence-electron chi connectivity index (χ3n) is 2.50. The van der Waals surface area contributed by atoms with Gasteiger partial charge >= 0.3 is 5.97 Å². The van der Waals surface area contributed by atoms with Crippen LogP contribution in [0.1, 0.15) is 26.3 Å². The van der Waals surface area contributed by atoms with Gasteiger partial charge < -0.3 is 5.11 Å². The Kier molecular flexibility index (Phi) is 3.10. The number of carboxylic acids is 1. The standard InChI is InChI=1S/C12H15ClO2/c1-11(2,3)12(13,10(14)15)9-7-5-4-6-8-9/h4-8H,1-3H3,(H,14,15). The van der Waals surface area contributed by atoms with E-state index in [1.807, 2.05) is 26.8 Å². The Balaban J connectivity index is 3.32. The third kappa shape index (κ3) is 2.00. The number of carboxylic acid groups (broad SMARTS) is 1. The molecule has 0 saturated heterocycles. The van der Waals surface area contributed by atoms with E-state index in [9.17, 15) is 9.90 Å². The molecule has 2 nitrogen and oxygen atoms in total. The highest BCUT2D eigenvalue weighted by atomic mass is 35.5. The first kappa shape index (κ1) is 12.1. The molecule has 3 heteroatoms. The molecule has 0 heterocycles. The fourth-order valence-corrected chi connectivity index (χ4v) is 1.67. The zero-order valence-electron chi connectivity index (χ0n) is 9.12. The molecule has 1 aromatic carbocycles. The van der Waals surface area contributed by atoms with Crippen molar-refractivity contribution < 1.29 is 9.90 Å². The van der Waals surface area contributed by atoms with Gasteiger partial charge in [0.25, 0.3) is 0 Å². The molecule has 1 rings (SSSR count). The normalized spacial score (nSPS) is 15.7. The summed E-state index contributed by atoms with van der Waals surface area (Å²) < 4.78 is 0. The van der Waals surface area contributed by atoms with E-state index in [4.69, 9.17) is 11.6 Å². The number of aliphatic carboxylic acids is 1. The van der Waals surface area contributed by atoms with Crippen LogP contribution in [-0.4, -0.2) is 11.1 Å². The first-order chi connectivity index (χ1) is 6.80. The fourth-order valence-electron chi connectivity index (χ4n) is 1.55. The topological polar surface area (TPSA) is 37.3 Å².